The third kappa shape index (κ3) is 3.37. The van der Waals surface area contributed by atoms with Gasteiger partial charge in [0.1, 0.15) is 11.5 Å². The van der Waals surface area contributed by atoms with Crippen LogP contribution >= 0.6 is 0 Å². The summed E-state index contributed by atoms with van der Waals surface area (Å²) in [5.41, 5.74) is 3.90. The lowest BCUT2D eigenvalue weighted by atomic mass is 9.74. The van der Waals surface area contributed by atoms with E-state index in [0.29, 0.717) is 17.2 Å². The molecule has 158 valence electrons. The van der Waals surface area contributed by atoms with Crippen molar-refractivity contribution in [3.63, 3.8) is 0 Å². The Morgan fingerprint density at radius 1 is 1.26 bits per heavy atom. The van der Waals surface area contributed by atoms with Crippen LogP contribution < -0.4 is 5.32 Å². The molecule has 0 saturated carbocycles. The molecule has 0 fully saturated rings. The Kier molecular flexibility index (Phi) is 4.39. The predicted molar refractivity (Wildman–Crippen MR) is 114 cm³/mol. The Labute approximate surface area is 179 Å². The molecule has 0 unspecified atom stereocenters. The molecule has 0 aliphatic heterocycles. The average Bonchev–Trinajstić information content (AvgIpc) is 3.27. The van der Waals surface area contributed by atoms with Crippen molar-refractivity contribution < 1.29 is 9.18 Å². The van der Waals surface area contributed by atoms with E-state index in [1.807, 2.05) is 17.8 Å². The molecule has 8 heteroatoms. The van der Waals surface area contributed by atoms with Gasteiger partial charge in [0.2, 0.25) is 5.78 Å². The Balaban J connectivity index is 1.51. The van der Waals surface area contributed by atoms with Gasteiger partial charge in [-0.25, -0.2) is 19.0 Å². The molecule has 1 aliphatic carbocycles. The topological polar surface area (TPSA) is 77.1 Å². The maximum Gasteiger partial charge on any atom is 0.270 e. The van der Waals surface area contributed by atoms with Gasteiger partial charge in [0.15, 0.2) is 0 Å². The number of carbonyl (C=O) groups excluding carboxylic acids is 1. The van der Waals surface area contributed by atoms with Gasteiger partial charge in [-0.2, -0.15) is 5.10 Å². The van der Waals surface area contributed by atoms with Crippen LogP contribution in [0.2, 0.25) is 0 Å². The van der Waals surface area contributed by atoms with Crippen LogP contribution in [0.1, 0.15) is 53.7 Å². The number of amides is 1. The van der Waals surface area contributed by atoms with Crippen LogP contribution in [0.4, 0.5) is 4.39 Å². The van der Waals surface area contributed by atoms with Gasteiger partial charge >= 0.3 is 0 Å². The maximum atomic E-state index is 13.4. The molecule has 1 atom stereocenters. The highest BCUT2D eigenvalue weighted by Gasteiger charge is 2.36. The molecule has 4 aromatic rings. The van der Waals surface area contributed by atoms with Gasteiger partial charge in [-0.1, -0.05) is 13.8 Å². The van der Waals surface area contributed by atoms with E-state index in [2.05, 4.69) is 34.2 Å². The van der Waals surface area contributed by atoms with Crippen molar-refractivity contribution in [3.05, 3.63) is 77.4 Å². The number of aryl methyl sites for hydroxylation is 1. The smallest absolute Gasteiger partial charge is 0.270 e. The molecular formula is C23H23FN6O. The number of hydrogen-bond donors (Lipinski definition) is 1. The van der Waals surface area contributed by atoms with E-state index in [1.54, 1.807) is 35.0 Å². The molecule has 1 N–H and O–H groups in total. The van der Waals surface area contributed by atoms with E-state index < -0.39 is 0 Å². The van der Waals surface area contributed by atoms with Crippen LogP contribution in [-0.2, 0) is 6.42 Å². The number of carbonyl (C=O) groups is 1. The fraction of sp³-hybridized carbons (Fsp3) is 0.304. The van der Waals surface area contributed by atoms with Gasteiger partial charge in [-0.3, -0.25) is 9.20 Å². The zero-order chi connectivity index (χ0) is 21.8. The molecule has 0 radical (unpaired) electrons. The highest BCUT2D eigenvalue weighted by molar-refractivity contribution is 5.94. The number of fused-ring (bicyclic) bond motifs is 2. The number of nitrogens with one attached hydrogen (secondary N) is 1. The van der Waals surface area contributed by atoms with Gasteiger partial charge in [0.05, 0.1) is 29.3 Å². The van der Waals surface area contributed by atoms with E-state index in [1.165, 1.54) is 12.1 Å². The number of rotatable bonds is 3. The molecule has 3 heterocycles. The van der Waals surface area contributed by atoms with Crippen molar-refractivity contribution in [2.45, 2.75) is 39.7 Å². The summed E-state index contributed by atoms with van der Waals surface area (Å²) < 4.78 is 16.9. The van der Waals surface area contributed by atoms with Crippen LogP contribution in [0.5, 0.6) is 0 Å². The largest absolute Gasteiger partial charge is 0.344 e. The average molecular weight is 418 g/mol. The monoisotopic (exact) mass is 418 g/mol. The van der Waals surface area contributed by atoms with Crippen molar-refractivity contribution in [2.24, 2.45) is 5.41 Å². The molecule has 0 saturated heterocycles. The fourth-order valence-corrected chi connectivity index (χ4v) is 4.47. The summed E-state index contributed by atoms with van der Waals surface area (Å²) in [5.74, 6) is 0.0215. The summed E-state index contributed by atoms with van der Waals surface area (Å²) in [6, 6.07) is 7.87. The van der Waals surface area contributed by atoms with Crippen LogP contribution in [-0.4, -0.2) is 30.1 Å². The summed E-state index contributed by atoms with van der Waals surface area (Å²) >= 11 is 0. The summed E-state index contributed by atoms with van der Waals surface area (Å²) in [5, 5.41) is 7.77. The Morgan fingerprint density at radius 2 is 2.03 bits per heavy atom. The van der Waals surface area contributed by atoms with Crippen LogP contribution in [0, 0.1) is 18.2 Å². The number of halogens is 1. The Bertz CT molecular complexity index is 1290. The molecule has 0 bridgehead atoms. The lowest BCUT2D eigenvalue weighted by Gasteiger charge is -2.36. The van der Waals surface area contributed by atoms with Gasteiger partial charge in [-0.15, -0.1) is 0 Å². The van der Waals surface area contributed by atoms with Crippen LogP contribution in [0.25, 0.3) is 11.5 Å². The first-order valence-corrected chi connectivity index (χ1v) is 10.3. The Hall–Kier alpha value is -3.55. The van der Waals surface area contributed by atoms with E-state index in [9.17, 15) is 9.18 Å². The lowest BCUT2D eigenvalue weighted by Crippen LogP contribution is -2.37. The molecule has 1 aromatic carbocycles. The summed E-state index contributed by atoms with van der Waals surface area (Å²) in [6.07, 6.45) is 6.85. The SMILES string of the molecule is Cc1nc2ncccn2c1C(=O)N[C@@H]1CC(C)(C)Cc2c1cnn2-c1ccc(F)cc1. The summed E-state index contributed by atoms with van der Waals surface area (Å²) in [7, 11) is 0. The van der Waals surface area contributed by atoms with Crippen LogP contribution in [0.3, 0.4) is 0 Å². The van der Waals surface area contributed by atoms with E-state index in [0.717, 1.165) is 29.8 Å². The minimum Gasteiger partial charge on any atom is -0.344 e. The van der Waals surface area contributed by atoms with Gasteiger partial charge < -0.3 is 5.32 Å². The third-order valence-electron chi connectivity index (χ3n) is 5.85. The second kappa shape index (κ2) is 7.01. The van der Waals surface area contributed by atoms with E-state index in [4.69, 9.17) is 0 Å². The predicted octanol–water partition coefficient (Wildman–Crippen LogP) is 3.81. The number of benzene rings is 1. The quantitative estimate of drug-likeness (QED) is 0.549. The second-order valence-corrected chi connectivity index (χ2v) is 8.84. The molecule has 0 spiro atoms. The normalized spacial score (nSPS) is 17.5. The van der Waals surface area contributed by atoms with Gasteiger partial charge in [-0.05, 0) is 55.5 Å². The minimum absolute atomic E-state index is 0.0428. The zero-order valence-corrected chi connectivity index (χ0v) is 17.6. The first-order valence-electron chi connectivity index (χ1n) is 10.3. The number of nitrogens with zero attached hydrogens (tertiary/aromatic N) is 5. The van der Waals surface area contributed by atoms with E-state index >= 15 is 0 Å². The number of imidazole rings is 1. The highest BCUT2D eigenvalue weighted by Crippen LogP contribution is 2.41. The standard InChI is InChI=1S/C23H23FN6O/c1-14-20(29-10-4-9-25-22(29)27-14)21(31)28-18-11-23(2,3)12-19-17(18)13-26-30(19)16-7-5-15(24)6-8-16/h4-10,13,18H,11-12H2,1-3H3,(H,28,31)/t18-/m1/s1. The first-order chi connectivity index (χ1) is 14.8. The van der Waals surface area contributed by atoms with Gasteiger partial charge in [0, 0.05) is 18.0 Å². The molecule has 5 rings (SSSR count). The minimum atomic E-state index is -0.284. The fourth-order valence-electron chi connectivity index (χ4n) is 4.47. The summed E-state index contributed by atoms with van der Waals surface area (Å²) in [6.45, 7) is 6.17. The molecular weight excluding hydrogens is 395 g/mol. The van der Waals surface area contributed by atoms with E-state index in [-0.39, 0.29) is 23.2 Å². The zero-order valence-electron chi connectivity index (χ0n) is 17.6. The lowest BCUT2D eigenvalue weighted by molar-refractivity contribution is 0.0912. The first kappa shape index (κ1) is 19.4. The number of hydrogen-bond acceptors (Lipinski definition) is 4. The molecule has 7 nitrogen and oxygen atoms in total. The van der Waals surface area contributed by atoms with Crippen molar-refractivity contribution in [3.8, 4) is 5.69 Å². The molecule has 3 aromatic heterocycles. The Morgan fingerprint density at radius 3 is 2.81 bits per heavy atom. The van der Waals surface area contributed by atoms with Crippen molar-refractivity contribution in [2.75, 3.05) is 0 Å². The molecule has 31 heavy (non-hydrogen) atoms. The van der Waals surface area contributed by atoms with Gasteiger partial charge in [0.25, 0.3) is 5.91 Å². The van der Waals surface area contributed by atoms with Crippen molar-refractivity contribution in [1.82, 2.24) is 29.5 Å². The number of aromatic nitrogens is 5. The van der Waals surface area contributed by atoms with Crippen LogP contribution in [0.15, 0.2) is 48.9 Å². The van der Waals surface area contributed by atoms with Crippen molar-refractivity contribution in [1.29, 1.82) is 0 Å². The van der Waals surface area contributed by atoms with Crippen molar-refractivity contribution >= 4 is 11.7 Å². The third-order valence-corrected chi connectivity index (χ3v) is 5.85. The molecule has 1 aliphatic rings. The highest BCUT2D eigenvalue weighted by atomic mass is 19.1. The second-order valence-electron chi connectivity index (χ2n) is 8.84. The molecule has 1 amide bonds. The maximum absolute atomic E-state index is 13.4. The summed E-state index contributed by atoms with van der Waals surface area (Å²) in [4.78, 5) is 21.9.